The van der Waals surface area contributed by atoms with Gasteiger partial charge in [-0.15, -0.1) is 0 Å². The van der Waals surface area contributed by atoms with Crippen LogP contribution in [0.2, 0.25) is 10.0 Å². The summed E-state index contributed by atoms with van der Waals surface area (Å²) in [6.07, 6.45) is 0. The van der Waals surface area contributed by atoms with Crippen LogP contribution in [0.3, 0.4) is 0 Å². The third kappa shape index (κ3) is 6.66. The Hall–Kier alpha value is -2.77. The second-order valence-corrected chi connectivity index (χ2v) is 7.57. The quantitative estimate of drug-likeness (QED) is 0.531. The number of hydrogen-bond acceptors (Lipinski definition) is 3. The predicted molar refractivity (Wildman–Crippen MR) is 114 cm³/mol. The van der Waals surface area contributed by atoms with Crippen molar-refractivity contribution >= 4 is 46.7 Å². The molecule has 0 saturated carbocycles. The van der Waals surface area contributed by atoms with Gasteiger partial charge in [0.2, 0.25) is 5.91 Å². The number of benzene rings is 2. The molecule has 0 aliphatic carbocycles. The van der Waals surface area contributed by atoms with Crippen LogP contribution in [0.1, 0.15) is 29.8 Å². The molecule has 0 spiro atoms. The van der Waals surface area contributed by atoms with Gasteiger partial charge in [0.15, 0.2) is 0 Å². The molecule has 5 N–H and O–H groups in total. The van der Waals surface area contributed by atoms with E-state index < -0.39 is 18.0 Å². The summed E-state index contributed by atoms with van der Waals surface area (Å²) in [4.78, 5) is 36.0. The first-order chi connectivity index (χ1) is 13.7. The van der Waals surface area contributed by atoms with Crippen LogP contribution < -0.4 is 21.7 Å². The van der Waals surface area contributed by atoms with E-state index in [1.165, 1.54) is 12.1 Å². The first-order valence-corrected chi connectivity index (χ1v) is 9.62. The Morgan fingerprint density at radius 3 is 2.24 bits per heavy atom. The normalized spacial score (nSPS) is 11.6. The van der Waals surface area contributed by atoms with Crippen LogP contribution in [-0.4, -0.2) is 23.9 Å². The van der Waals surface area contributed by atoms with Crippen molar-refractivity contribution in [2.75, 3.05) is 5.32 Å². The molecule has 0 aromatic heterocycles. The highest BCUT2D eigenvalue weighted by atomic mass is 35.5. The number of nitrogens with one attached hydrogen (secondary N) is 3. The number of urea groups is 1. The minimum Gasteiger partial charge on any atom is -0.351 e. The predicted octanol–water partition coefficient (Wildman–Crippen LogP) is 3.55. The molecule has 0 heterocycles. The topological polar surface area (TPSA) is 113 Å². The molecule has 0 aliphatic rings. The number of carbonyl (C=O) groups excluding carboxylic acids is 3. The zero-order valence-electron chi connectivity index (χ0n) is 16.0. The van der Waals surface area contributed by atoms with E-state index in [2.05, 4.69) is 16.0 Å². The fraction of sp³-hybridized carbons (Fsp3) is 0.250. The molecule has 0 fully saturated rings. The van der Waals surface area contributed by atoms with E-state index in [0.29, 0.717) is 10.7 Å². The maximum Gasteiger partial charge on any atom is 0.316 e. The molecule has 0 saturated heterocycles. The number of amides is 4. The number of hydrogen-bond donors (Lipinski definition) is 4. The summed E-state index contributed by atoms with van der Waals surface area (Å²) in [6, 6.07) is 10.0. The molecule has 7 nitrogen and oxygen atoms in total. The van der Waals surface area contributed by atoms with Crippen LogP contribution in [0.15, 0.2) is 42.5 Å². The number of primary amides is 1. The average Bonchev–Trinajstić information content (AvgIpc) is 2.64. The number of rotatable bonds is 7. The van der Waals surface area contributed by atoms with Crippen molar-refractivity contribution in [1.82, 2.24) is 10.6 Å². The van der Waals surface area contributed by atoms with E-state index in [1.54, 1.807) is 30.3 Å². The van der Waals surface area contributed by atoms with Crippen molar-refractivity contribution in [2.45, 2.75) is 26.4 Å². The molecule has 154 valence electrons. The van der Waals surface area contributed by atoms with Gasteiger partial charge in [-0.05, 0) is 41.8 Å². The van der Waals surface area contributed by atoms with E-state index in [9.17, 15) is 14.4 Å². The Labute approximate surface area is 178 Å². The van der Waals surface area contributed by atoms with Crippen molar-refractivity contribution in [1.29, 1.82) is 0 Å². The van der Waals surface area contributed by atoms with Crippen LogP contribution in [0.4, 0.5) is 10.5 Å². The fourth-order valence-electron chi connectivity index (χ4n) is 2.57. The molecule has 1 atom stereocenters. The molecule has 2 rings (SSSR count). The van der Waals surface area contributed by atoms with Gasteiger partial charge in [-0.3, -0.25) is 9.59 Å². The molecule has 0 radical (unpaired) electrons. The van der Waals surface area contributed by atoms with Gasteiger partial charge < -0.3 is 21.7 Å². The Morgan fingerprint density at radius 2 is 1.69 bits per heavy atom. The highest BCUT2D eigenvalue weighted by molar-refractivity contribution is 6.36. The van der Waals surface area contributed by atoms with Crippen LogP contribution in [-0.2, 0) is 11.3 Å². The molecule has 2 aromatic rings. The fourth-order valence-corrected chi connectivity index (χ4v) is 3.07. The lowest BCUT2D eigenvalue weighted by molar-refractivity contribution is -0.124. The lowest BCUT2D eigenvalue weighted by Gasteiger charge is -2.22. The van der Waals surface area contributed by atoms with Crippen molar-refractivity contribution in [3.05, 3.63) is 63.6 Å². The van der Waals surface area contributed by atoms with Gasteiger partial charge in [-0.25, -0.2) is 4.79 Å². The third-order valence-electron chi connectivity index (χ3n) is 4.10. The van der Waals surface area contributed by atoms with Crippen LogP contribution in [0, 0.1) is 5.92 Å². The largest absolute Gasteiger partial charge is 0.351 e. The Morgan fingerprint density at radius 1 is 1.03 bits per heavy atom. The van der Waals surface area contributed by atoms with E-state index >= 15 is 0 Å². The first-order valence-electron chi connectivity index (χ1n) is 8.86. The van der Waals surface area contributed by atoms with Crippen LogP contribution >= 0.6 is 23.2 Å². The maximum absolute atomic E-state index is 12.6. The van der Waals surface area contributed by atoms with E-state index in [-0.39, 0.29) is 29.0 Å². The van der Waals surface area contributed by atoms with E-state index in [0.717, 1.165) is 5.56 Å². The number of carbonyl (C=O) groups is 3. The number of halogens is 2. The molecule has 29 heavy (non-hydrogen) atoms. The average molecular weight is 437 g/mol. The monoisotopic (exact) mass is 436 g/mol. The van der Waals surface area contributed by atoms with Gasteiger partial charge in [0.05, 0.1) is 10.6 Å². The zero-order valence-corrected chi connectivity index (χ0v) is 17.5. The van der Waals surface area contributed by atoms with Crippen molar-refractivity contribution in [3.63, 3.8) is 0 Å². The first kappa shape index (κ1) is 22.5. The van der Waals surface area contributed by atoms with Gasteiger partial charge in [0, 0.05) is 17.3 Å². The van der Waals surface area contributed by atoms with E-state index in [1.807, 2.05) is 13.8 Å². The number of anilines is 1. The zero-order chi connectivity index (χ0) is 21.6. The summed E-state index contributed by atoms with van der Waals surface area (Å²) in [6.45, 7) is 3.92. The molecular weight excluding hydrogens is 415 g/mol. The van der Waals surface area contributed by atoms with Crippen molar-refractivity contribution in [3.8, 4) is 0 Å². The highest BCUT2D eigenvalue weighted by Gasteiger charge is 2.25. The molecule has 4 amide bonds. The standard InChI is InChI=1S/C20H22Cl2N4O3/c1-11(2)17(26-18(27)15-8-5-13(21)9-16(15)22)19(28)24-10-12-3-6-14(7-4-12)25-20(23)29/h3-9,11,17H,10H2,1-2H3,(H,24,28)(H,26,27)(H3,23,25,29). The Balaban J connectivity index is 2.00. The Bertz CT molecular complexity index is 901. The molecule has 0 bridgehead atoms. The molecule has 2 aromatic carbocycles. The summed E-state index contributed by atoms with van der Waals surface area (Å²) >= 11 is 11.9. The second kappa shape index (κ2) is 10.1. The Kier molecular flexibility index (Phi) is 7.87. The summed E-state index contributed by atoms with van der Waals surface area (Å²) < 4.78 is 0. The third-order valence-corrected chi connectivity index (χ3v) is 4.65. The summed E-state index contributed by atoms with van der Waals surface area (Å²) in [5.74, 6) is -0.924. The molecule has 1 unspecified atom stereocenters. The molecular formula is C20H22Cl2N4O3. The SMILES string of the molecule is CC(C)C(NC(=O)c1ccc(Cl)cc1Cl)C(=O)NCc1ccc(NC(N)=O)cc1. The lowest BCUT2D eigenvalue weighted by atomic mass is 10.0. The molecule has 0 aliphatic heterocycles. The summed E-state index contributed by atoms with van der Waals surface area (Å²) in [5, 5.41) is 8.61. The smallest absolute Gasteiger partial charge is 0.316 e. The second-order valence-electron chi connectivity index (χ2n) is 6.72. The van der Waals surface area contributed by atoms with Gasteiger partial charge >= 0.3 is 6.03 Å². The highest BCUT2D eigenvalue weighted by Crippen LogP contribution is 2.21. The van der Waals surface area contributed by atoms with Gasteiger partial charge in [-0.2, -0.15) is 0 Å². The van der Waals surface area contributed by atoms with Crippen molar-refractivity contribution in [2.24, 2.45) is 11.7 Å². The minimum atomic E-state index is -0.745. The van der Waals surface area contributed by atoms with Gasteiger partial charge in [0.1, 0.15) is 6.04 Å². The number of nitrogens with two attached hydrogens (primary N) is 1. The lowest BCUT2D eigenvalue weighted by Crippen LogP contribution is -2.49. The summed E-state index contributed by atoms with van der Waals surface area (Å²) in [7, 11) is 0. The van der Waals surface area contributed by atoms with Gasteiger partial charge in [0.25, 0.3) is 5.91 Å². The van der Waals surface area contributed by atoms with Gasteiger partial charge in [-0.1, -0.05) is 49.2 Å². The van der Waals surface area contributed by atoms with E-state index in [4.69, 9.17) is 28.9 Å². The summed E-state index contributed by atoms with van der Waals surface area (Å²) in [5.41, 5.74) is 6.68. The van der Waals surface area contributed by atoms with Crippen molar-refractivity contribution < 1.29 is 14.4 Å². The molecule has 9 heteroatoms. The van der Waals surface area contributed by atoms with Crippen LogP contribution in [0.25, 0.3) is 0 Å². The minimum absolute atomic E-state index is 0.146. The maximum atomic E-state index is 12.6. The van der Waals surface area contributed by atoms with Crippen LogP contribution in [0.5, 0.6) is 0 Å².